The van der Waals surface area contributed by atoms with Crippen molar-refractivity contribution in [3.8, 4) is 0 Å². The summed E-state index contributed by atoms with van der Waals surface area (Å²) in [5, 5.41) is 12.7. The van der Waals surface area contributed by atoms with Crippen LogP contribution in [0.5, 0.6) is 0 Å². The normalized spacial score (nSPS) is 20.3. The maximum absolute atomic E-state index is 13.4. The SMILES string of the molecule is CC(C)C(NC(=O)[C@@H]1C[C@@H](OCc2ccccc2)CN1C(=O)C(N)Cc1cccc(Cl)c1)C(O)C(F)(F)F. The van der Waals surface area contributed by atoms with E-state index >= 15 is 0 Å². The van der Waals surface area contributed by atoms with Crippen molar-refractivity contribution in [1.29, 1.82) is 0 Å². The minimum atomic E-state index is -4.92. The van der Waals surface area contributed by atoms with E-state index in [1.807, 2.05) is 30.3 Å². The third-order valence-corrected chi connectivity index (χ3v) is 6.78. The zero-order valence-corrected chi connectivity index (χ0v) is 22.0. The number of aliphatic hydroxyl groups excluding tert-OH is 1. The number of hydrogen-bond donors (Lipinski definition) is 3. The third kappa shape index (κ3) is 7.92. The predicted molar refractivity (Wildman–Crippen MR) is 137 cm³/mol. The number of aliphatic hydroxyl groups is 1. The Bertz CT molecular complexity index is 1090. The summed E-state index contributed by atoms with van der Waals surface area (Å²) in [6.07, 6.45) is -8.00. The molecule has 0 aliphatic carbocycles. The first kappa shape index (κ1) is 29.9. The summed E-state index contributed by atoms with van der Waals surface area (Å²) in [6, 6.07) is 12.5. The van der Waals surface area contributed by atoms with E-state index in [4.69, 9.17) is 22.1 Å². The lowest BCUT2D eigenvalue weighted by Crippen LogP contribution is -2.58. The number of benzene rings is 2. The summed E-state index contributed by atoms with van der Waals surface area (Å²) in [7, 11) is 0. The number of carbonyl (C=O) groups excluding carboxylic acids is 2. The number of halogens is 4. The van der Waals surface area contributed by atoms with Gasteiger partial charge in [0, 0.05) is 18.0 Å². The Kier molecular flexibility index (Phi) is 10.2. The standard InChI is InChI=1S/C27H33ClF3N3O4/c1-16(2)23(24(35)27(29,30)31)33-25(36)22-13-20(38-15-17-7-4-3-5-8-17)14-34(22)26(37)21(32)12-18-9-6-10-19(28)11-18/h3-11,16,20-24,35H,12-15,32H2,1-2H3,(H,33,36)/t20-,21?,22+,23?,24?/m1/s1. The zero-order chi connectivity index (χ0) is 28.0. The van der Waals surface area contributed by atoms with Gasteiger partial charge in [-0.3, -0.25) is 9.59 Å². The van der Waals surface area contributed by atoms with Crippen LogP contribution in [0.3, 0.4) is 0 Å². The highest BCUT2D eigenvalue weighted by Gasteiger charge is 2.47. The minimum Gasteiger partial charge on any atom is -0.382 e. The van der Waals surface area contributed by atoms with Crippen LogP contribution in [0.15, 0.2) is 54.6 Å². The molecule has 0 saturated carbocycles. The maximum atomic E-state index is 13.4. The number of rotatable bonds is 10. The van der Waals surface area contributed by atoms with Gasteiger partial charge in [-0.15, -0.1) is 0 Å². The third-order valence-electron chi connectivity index (χ3n) is 6.54. The van der Waals surface area contributed by atoms with Gasteiger partial charge < -0.3 is 25.8 Å². The highest BCUT2D eigenvalue weighted by molar-refractivity contribution is 6.30. The average molecular weight is 556 g/mol. The Hall–Kier alpha value is -2.66. The Balaban J connectivity index is 1.78. The fourth-order valence-electron chi connectivity index (χ4n) is 4.49. The van der Waals surface area contributed by atoms with Crippen LogP contribution >= 0.6 is 11.6 Å². The molecule has 0 spiro atoms. The van der Waals surface area contributed by atoms with Gasteiger partial charge in [0.15, 0.2) is 6.10 Å². The smallest absolute Gasteiger partial charge is 0.382 e. The number of carbonyl (C=O) groups is 2. The van der Waals surface area contributed by atoms with Gasteiger partial charge >= 0.3 is 6.18 Å². The molecule has 1 fully saturated rings. The molecule has 4 N–H and O–H groups in total. The Morgan fingerprint density at radius 3 is 2.42 bits per heavy atom. The zero-order valence-electron chi connectivity index (χ0n) is 21.2. The van der Waals surface area contributed by atoms with Crippen LogP contribution < -0.4 is 11.1 Å². The van der Waals surface area contributed by atoms with Crippen LogP contribution in [0.2, 0.25) is 5.02 Å². The Morgan fingerprint density at radius 2 is 1.82 bits per heavy atom. The van der Waals surface area contributed by atoms with E-state index in [1.54, 1.807) is 24.3 Å². The Labute approximate surface area is 225 Å². The molecule has 3 rings (SSSR count). The summed E-state index contributed by atoms with van der Waals surface area (Å²) >= 11 is 6.03. The van der Waals surface area contributed by atoms with E-state index in [0.717, 1.165) is 11.1 Å². The second kappa shape index (κ2) is 12.9. The molecule has 0 bridgehead atoms. The first-order chi connectivity index (χ1) is 17.9. The molecule has 7 nitrogen and oxygen atoms in total. The number of hydrogen-bond acceptors (Lipinski definition) is 5. The highest BCUT2D eigenvalue weighted by Crippen LogP contribution is 2.27. The van der Waals surface area contributed by atoms with Crippen LogP contribution in [-0.2, 0) is 27.4 Å². The van der Waals surface area contributed by atoms with Gasteiger partial charge in [-0.25, -0.2) is 0 Å². The van der Waals surface area contributed by atoms with E-state index in [1.165, 1.54) is 18.7 Å². The van der Waals surface area contributed by atoms with Crippen molar-refractivity contribution in [2.45, 2.75) is 69.8 Å². The number of nitrogens with two attached hydrogens (primary N) is 1. The quantitative estimate of drug-likeness (QED) is 0.416. The molecule has 1 aliphatic heterocycles. The second-order valence-electron chi connectivity index (χ2n) is 9.87. The van der Waals surface area contributed by atoms with E-state index in [2.05, 4.69) is 5.32 Å². The van der Waals surface area contributed by atoms with Crippen LogP contribution in [-0.4, -0.2) is 64.9 Å². The lowest BCUT2D eigenvalue weighted by Gasteiger charge is -2.32. The lowest BCUT2D eigenvalue weighted by atomic mass is 9.97. The molecule has 1 aliphatic rings. The van der Waals surface area contributed by atoms with E-state index in [-0.39, 0.29) is 26.0 Å². The van der Waals surface area contributed by atoms with Gasteiger partial charge in [-0.1, -0.05) is 67.9 Å². The highest BCUT2D eigenvalue weighted by atomic mass is 35.5. The molecule has 2 amide bonds. The molecule has 0 radical (unpaired) electrons. The molecule has 3 unspecified atom stereocenters. The summed E-state index contributed by atoms with van der Waals surface area (Å²) in [6.45, 7) is 3.20. The molecule has 38 heavy (non-hydrogen) atoms. The van der Waals surface area contributed by atoms with Gasteiger partial charge in [0.2, 0.25) is 11.8 Å². The Morgan fingerprint density at radius 1 is 1.16 bits per heavy atom. The monoisotopic (exact) mass is 555 g/mol. The van der Waals surface area contributed by atoms with Gasteiger partial charge in [0.05, 0.1) is 24.8 Å². The fraction of sp³-hybridized carbons (Fsp3) is 0.481. The van der Waals surface area contributed by atoms with Crippen molar-refractivity contribution in [2.24, 2.45) is 11.7 Å². The van der Waals surface area contributed by atoms with Crippen LogP contribution in [0.4, 0.5) is 13.2 Å². The molecule has 11 heteroatoms. The molecule has 1 heterocycles. The van der Waals surface area contributed by atoms with Crippen molar-refractivity contribution < 1.29 is 32.6 Å². The molecular weight excluding hydrogens is 523 g/mol. The van der Waals surface area contributed by atoms with Gasteiger partial charge in [-0.05, 0) is 35.6 Å². The van der Waals surface area contributed by atoms with E-state index in [9.17, 15) is 27.9 Å². The summed E-state index contributed by atoms with van der Waals surface area (Å²) in [4.78, 5) is 27.9. The van der Waals surface area contributed by atoms with Crippen LogP contribution in [0.1, 0.15) is 31.4 Å². The molecule has 2 aromatic carbocycles. The molecule has 2 aromatic rings. The second-order valence-corrected chi connectivity index (χ2v) is 10.3. The first-order valence-corrected chi connectivity index (χ1v) is 12.8. The van der Waals surface area contributed by atoms with Crippen molar-refractivity contribution in [2.75, 3.05) is 6.54 Å². The van der Waals surface area contributed by atoms with E-state index in [0.29, 0.717) is 5.02 Å². The molecule has 1 saturated heterocycles. The molecule has 0 aromatic heterocycles. The first-order valence-electron chi connectivity index (χ1n) is 12.4. The number of nitrogens with one attached hydrogen (secondary N) is 1. The van der Waals surface area contributed by atoms with Crippen molar-refractivity contribution in [3.63, 3.8) is 0 Å². The van der Waals surface area contributed by atoms with E-state index < -0.39 is 54.2 Å². The van der Waals surface area contributed by atoms with Crippen molar-refractivity contribution in [1.82, 2.24) is 10.2 Å². The van der Waals surface area contributed by atoms with Crippen molar-refractivity contribution in [3.05, 3.63) is 70.7 Å². The number of amides is 2. The predicted octanol–water partition coefficient (Wildman–Crippen LogP) is 3.46. The largest absolute Gasteiger partial charge is 0.416 e. The maximum Gasteiger partial charge on any atom is 0.416 e. The van der Waals surface area contributed by atoms with Crippen LogP contribution in [0.25, 0.3) is 0 Å². The number of nitrogens with zero attached hydrogens (tertiary/aromatic N) is 1. The van der Waals surface area contributed by atoms with Gasteiger partial charge in [0.25, 0.3) is 0 Å². The minimum absolute atomic E-state index is 0.0428. The average Bonchev–Trinajstić information content (AvgIpc) is 3.29. The van der Waals surface area contributed by atoms with Gasteiger partial charge in [0.1, 0.15) is 6.04 Å². The molecule has 5 atom stereocenters. The van der Waals surface area contributed by atoms with Crippen LogP contribution in [0, 0.1) is 5.92 Å². The summed E-state index contributed by atoms with van der Waals surface area (Å²) < 4.78 is 45.7. The summed E-state index contributed by atoms with van der Waals surface area (Å²) in [5.41, 5.74) is 7.83. The summed E-state index contributed by atoms with van der Waals surface area (Å²) in [5.74, 6) is -2.06. The molecular formula is C27H33ClF3N3O4. The van der Waals surface area contributed by atoms with Crippen molar-refractivity contribution >= 4 is 23.4 Å². The topological polar surface area (TPSA) is 105 Å². The number of alkyl halides is 3. The number of likely N-dealkylation sites (tertiary alicyclic amines) is 1. The number of ether oxygens (including phenoxy) is 1. The van der Waals surface area contributed by atoms with Gasteiger partial charge in [-0.2, -0.15) is 13.2 Å². The lowest BCUT2D eigenvalue weighted by molar-refractivity contribution is -0.215. The molecule has 208 valence electrons. The fourth-order valence-corrected chi connectivity index (χ4v) is 4.70.